The van der Waals surface area contributed by atoms with Gasteiger partial charge in [0.25, 0.3) is 5.91 Å². The third kappa shape index (κ3) is 3.83. The molecule has 1 aliphatic rings. The molecule has 1 saturated heterocycles. The van der Waals surface area contributed by atoms with Crippen molar-refractivity contribution in [1.82, 2.24) is 16.3 Å². The van der Waals surface area contributed by atoms with Crippen molar-refractivity contribution in [2.75, 3.05) is 6.54 Å². The van der Waals surface area contributed by atoms with Crippen LogP contribution in [0.3, 0.4) is 0 Å². The number of hydrazine groups is 1. The van der Waals surface area contributed by atoms with Gasteiger partial charge in [0.05, 0.1) is 11.1 Å². The van der Waals surface area contributed by atoms with Gasteiger partial charge >= 0.3 is 0 Å². The van der Waals surface area contributed by atoms with E-state index in [1.165, 1.54) is 23.5 Å². The number of nitrogens with one attached hydrogen (secondary N) is 3. The lowest BCUT2D eigenvalue weighted by Crippen LogP contribution is -2.25. The van der Waals surface area contributed by atoms with Gasteiger partial charge in [-0.05, 0) is 29.8 Å². The van der Waals surface area contributed by atoms with Crippen LogP contribution in [0.15, 0.2) is 52.0 Å². The number of thiophene rings is 1. The minimum Gasteiger partial charge on any atom is -0.266 e. The molecule has 5 nitrogen and oxygen atoms in total. The molecule has 1 aromatic heterocycles. The SMILES string of the molecule is O=C(N/N=C/C1CNNC1c1ccc(F)cc1)c1sc2cccc(Br)c2c1Cl. The number of halogens is 3. The highest BCUT2D eigenvalue weighted by molar-refractivity contribution is 9.10. The van der Waals surface area contributed by atoms with E-state index in [0.717, 1.165) is 20.1 Å². The maximum Gasteiger partial charge on any atom is 0.282 e. The molecule has 0 saturated carbocycles. The Balaban J connectivity index is 1.47. The number of carbonyl (C=O) groups is 1. The first-order chi connectivity index (χ1) is 13.5. The second-order valence-electron chi connectivity index (χ2n) is 6.30. The van der Waals surface area contributed by atoms with Crippen molar-refractivity contribution in [2.45, 2.75) is 6.04 Å². The van der Waals surface area contributed by atoms with Crippen LogP contribution in [-0.2, 0) is 0 Å². The van der Waals surface area contributed by atoms with Gasteiger partial charge in [0, 0.05) is 33.2 Å². The number of amides is 1. The van der Waals surface area contributed by atoms with Crippen LogP contribution < -0.4 is 16.3 Å². The zero-order chi connectivity index (χ0) is 19.7. The fourth-order valence-corrected chi connectivity index (χ4v) is 5.39. The van der Waals surface area contributed by atoms with Gasteiger partial charge in [-0.25, -0.2) is 15.2 Å². The minimum atomic E-state index is -0.355. The van der Waals surface area contributed by atoms with E-state index in [0.29, 0.717) is 16.4 Å². The van der Waals surface area contributed by atoms with Crippen LogP contribution >= 0.6 is 38.9 Å². The quantitative estimate of drug-likeness (QED) is 0.376. The summed E-state index contributed by atoms with van der Waals surface area (Å²) in [6, 6.07) is 11.9. The topological polar surface area (TPSA) is 65.5 Å². The molecule has 1 fully saturated rings. The summed E-state index contributed by atoms with van der Waals surface area (Å²) < 4.78 is 14.9. The number of rotatable bonds is 4. The van der Waals surface area contributed by atoms with Gasteiger partial charge < -0.3 is 0 Å². The molecule has 0 aliphatic carbocycles. The summed E-state index contributed by atoms with van der Waals surface area (Å²) in [6.07, 6.45) is 1.68. The Morgan fingerprint density at radius 1 is 1.32 bits per heavy atom. The number of benzene rings is 2. The molecule has 0 radical (unpaired) electrons. The van der Waals surface area contributed by atoms with Crippen LogP contribution in [0.5, 0.6) is 0 Å². The smallest absolute Gasteiger partial charge is 0.266 e. The van der Waals surface area contributed by atoms with Crippen molar-refractivity contribution < 1.29 is 9.18 Å². The Labute approximate surface area is 178 Å². The lowest BCUT2D eigenvalue weighted by atomic mass is 9.96. The van der Waals surface area contributed by atoms with Crippen molar-refractivity contribution in [2.24, 2.45) is 11.0 Å². The number of nitrogens with zero attached hydrogens (tertiary/aromatic N) is 1. The van der Waals surface area contributed by atoms with E-state index in [4.69, 9.17) is 11.6 Å². The maximum atomic E-state index is 13.1. The molecule has 1 amide bonds. The summed E-state index contributed by atoms with van der Waals surface area (Å²) in [7, 11) is 0. The average molecular weight is 482 g/mol. The summed E-state index contributed by atoms with van der Waals surface area (Å²) in [6.45, 7) is 0.637. The second kappa shape index (κ2) is 8.26. The fraction of sp³-hybridized carbons (Fsp3) is 0.158. The van der Waals surface area contributed by atoms with Crippen LogP contribution in [0.4, 0.5) is 4.39 Å². The van der Waals surface area contributed by atoms with Gasteiger partial charge in [-0.3, -0.25) is 10.2 Å². The number of carbonyl (C=O) groups excluding carboxylic acids is 1. The fourth-order valence-electron chi connectivity index (χ4n) is 3.11. The van der Waals surface area contributed by atoms with Crippen LogP contribution in [0.25, 0.3) is 10.1 Å². The Kier molecular flexibility index (Phi) is 5.75. The molecular weight excluding hydrogens is 467 g/mol. The van der Waals surface area contributed by atoms with Crippen LogP contribution in [-0.4, -0.2) is 18.7 Å². The summed E-state index contributed by atoms with van der Waals surface area (Å²) in [5, 5.41) is 5.35. The van der Waals surface area contributed by atoms with Crippen molar-refractivity contribution in [3.8, 4) is 0 Å². The molecule has 0 bridgehead atoms. The summed E-state index contributed by atoms with van der Waals surface area (Å²) >= 11 is 11.2. The summed E-state index contributed by atoms with van der Waals surface area (Å²) in [4.78, 5) is 12.9. The average Bonchev–Trinajstić information content (AvgIpc) is 3.28. The Morgan fingerprint density at radius 3 is 2.86 bits per heavy atom. The Hall–Kier alpha value is -1.84. The van der Waals surface area contributed by atoms with E-state index >= 15 is 0 Å². The molecule has 28 heavy (non-hydrogen) atoms. The van der Waals surface area contributed by atoms with Crippen LogP contribution in [0.1, 0.15) is 21.3 Å². The third-order valence-electron chi connectivity index (χ3n) is 4.50. The molecule has 0 spiro atoms. The normalized spacial score (nSPS) is 19.5. The first-order valence-electron chi connectivity index (χ1n) is 8.48. The van der Waals surface area contributed by atoms with Gasteiger partial charge in [-0.2, -0.15) is 5.10 Å². The Bertz CT molecular complexity index is 1060. The van der Waals surface area contributed by atoms with Crippen LogP contribution in [0, 0.1) is 11.7 Å². The number of hydrogen-bond donors (Lipinski definition) is 3. The molecule has 3 aromatic rings. The van der Waals surface area contributed by atoms with Crippen molar-refractivity contribution in [3.63, 3.8) is 0 Å². The molecule has 9 heteroatoms. The number of hydrogen-bond acceptors (Lipinski definition) is 5. The number of hydrazone groups is 1. The predicted octanol–water partition coefficient (Wildman–Crippen LogP) is 4.64. The predicted molar refractivity (Wildman–Crippen MR) is 114 cm³/mol. The van der Waals surface area contributed by atoms with E-state index in [1.54, 1.807) is 18.3 Å². The van der Waals surface area contributed by atoms with Crippen molar-refractivity contribution in [3.05, 3.63) is 68.2 Å². The standard InChI is InChI=1S/C19H15BrClFN4OS/c20-13-2-1-3-14-15(13)16(21)18(28-14)19(27)26-24-9-11-8-23-25-17(11)10-4-6-12(22)7-5-10/h1-7,9,11,17,23,25H,8H2,(H,26,27)/b24-9+. The molecule has 144 valence electrons. The highest BCUT2D eigenvalue weighted by atomic mass is 79.9. The highest BCUT2D eigenvalue weighted by Gasteiger charge is 2.27. The summed E-state index contributed by atoms with van der Waals surface area (Å²) in [5.41, 5.74) is 9.70. The largest absolute Gasteiger partial charge is 0.282 e. The van der Waals surface area contributed by atoms with Gasteiger partial charge in [0.1, 0.15) is 10.7 Å². The van der Waals surface area contributed by atoms with Gasteiger partial charge in [-0.15, -0.1) is 11.3 Å². The van der Waals surface area contributed by atoms with E-state index in [-0.39, 0.29) is 23.7 Å². The monoisotopic (exact) mass is 480 g/mol. The zero-order valence-corrected chi connectivity index (χ0v) is 17.5. The summed E-state index contributed by atoms with van der Waals surface area (Å²) in [5.74, 6) is -0.636. The molecular formula is C19H15BrClFN4OS. The lowest BCUT2D eigenvalue weighted by molar-refractivity contribution is 0.0959. The zero-order valence-electron chi connectivity index (χ0n) is 14.4. The van der Waals surface area contributed by atoms with Gasteiger partial charge in [-0.1, -0.05) is 45.7 Å². The molecule has 2 aromatic carbocycles. The molecule has 1 aliphatic heterocycles. The van der Waals surface area contributed by atoms with E-state index in [9.17, 15) is 9.18 Å². The van der Waals surface area contributed by atoms with E-state index in [1.807, 2.05) is 18.2 Å². The molecule has 3 N–H and O–H groups in total. The van der Waals surface area contributed by atoms with Crippen LogP contribution in [0.2, 0.25) is 5.02 Å². The van der Waals surface area contributed by atoms with Crippen molar-refractivity contribution in [1.29, 1.82) is 0 Å². The first kappa shape index (κ1) is 19.5. The maximum absolute atomic E-state index is 13.1. The third-order valence-corrected chi connectivity index (χ3v) is 6.80. The second-order valence-corrected chi connectivity index (χ2v) is 8.58. The molecule has 4 rings (SSSR count). The van der Waals surface area contributed by atoms with Gasteiger partial charge in [0.15, 0.2) is 0 Å². The van der Waals surface area contributed by atoms with Crippen molar-refractivity contribution >= 4 is 61.1 Å². The molecule has 2 heterocycles. The van der Waals surface area contributed by atoms with E-state index in [2.05, 4.69) is 37.3 Å². The lowest BCUT2D eigenvalue weighted by Gasteiger charge is -2.15. The van der Waals surface area contributed by atoms with E-state index < -0.39 is 0 Å². The first-order valence-corrected chi connectivity index (χ1v) is 10.5. The number of fused-ring (bicyclic) bond motifs is 1. The highest BCUT2D eigenvalue weighted by Crippen LogP contribution is 2.39. The molecule has 2 unspecified atom stereocenters. The minimum absolute atomic E-state index is 0.00205. The molecule has 2 atom stereocenters. The van der Waals surface area contributed by atoms with Gasteiger partial charge in [0.2, 0.25) is 0 Å². The Morgan fingerprint density at radius 2 is 2.11 bits per heavy atom.